The van der Waals surface area contributed by atoms with Crippen molar-refractivity contribution in [1.29, 1.82) is 0 Å². The van der Waals surface area contributed by atoms with Crippen molar-refractivity contribution in [2.45, 2.75) is 25.8 Å². The fraction of sp³-hybridized carbons (Fsp3) is 0.538. The van der Waals surface area contributed by atoms with E-state index in [1.165, 1.54) is 6.07 Å². The molecule has 1 aromatic carbocycles. The van der Waals surface area contributed by atoms with Crippen LogP contribution in [0.5, 0.6) is 0 Å². The number of halogens is 2. The third kappa shape index (κ3) is 4.65. The molecular weight excluding hydrogens is 299 g/mol. The topological polar surface area (TPSA) is 47.3 Å². The monoisotopic (exact) mass is 318 g/mol. The van der Waals surface area contributed by atoms with E-state index in [2.05, 4.69) is 28.3 Å². The van der Waals surface area contributed by atoms with Crippen LogP contribution in [-0.2, 0) is 11.2 Å². The van der Waals surface area contributed by atoms with Crippen molar-refractivity contribution >= 4 is 15.9 Å². The lowest BCUT2D eigenvalue weighted by Gasteiger charge is -2.20. The van der Waals surface area contributed by atoms with Gasteiger partial charge < -0.3 is 4.74 Å². The summed E-state index contributed by atoms with van der Waals surface area (Å²) in [5, 5.41) is 0. The Hall–Kier alpha value is -0.490. The highest BCUT2D eigenvalue weighted by Gasteiger charge is 2.15. The van der Waals surface area contributed by atoms with E-state index in [0.717, 1.165) is 12.0 Å². The molecule has 0 bridgehead atoms. The van der Waals surface area contributed by atoms with Crippen molar-refractivity contribution in [2.24, 2.45) is 11.8 Å². The molecule has 102 valence electrons. The average molecular weight is 319 g/mol. The van der Waals surface area contributed by atoms with Crippen LogP contribution >= 0.6 is 15.9 Å². The average Bonchev–Trinajstić information content (AvgIpc) is 2.34. The molecule has 3 N–H and O–H groups in total. The highest BCUT2D eigenvalue weighted by Crippen LogP contribution is 2.22. The summed E-state index contributed by atoms with van der Waals surface area (Å²) in [7, 11) is 1.69. The quantitative estimate of drug-likeness (QED) is 0.600. The van der Waals surface area contributed by atoms with E-state index >= 15 is 0 Å². The van der Waals surface area contributed by atoms with Crippen LogP contribution in [0.1, 0.15) is 18.9 Å². The van der Waals surface area contributed by atoms with Gasteiger partial charge in [0.25, 0.3) is 0 Å². The predicted octanol–water partition coefficient (Wildman–Crippen LogP) is 2.64. The number of hydrogen-bond acceptors (Lipinski definition) is 3. The van der Waals surface area contributed by atoms with E-state index in [-0.39, 0.29) is 11.9 Å². The van der Waals surface area contributed by atoms with E-state index in [9.17, 15) is 4.39 Å². The molecule has 0 aliphatic carbocycles. The van der Waals surface area contributed by atoms with Crippen molar-refractivity contribution in [2.75, 3.05) is 13.7 Å². The summed E-state index contributed by atoms with van der Waals surface area (Å²) in [6, 6.07) is 5.15. The van der Waals surface area contributed by atoms with E-state index in [1.54, 1.807) is 13.2 Å². The maximum Gasteiger partial charge on any atom is 0.137 e. The number of ether oxygens (including phenoxy) is 1. The van der Waals surface area contributed by atoms with Gasteiger partial charge in [-0.05, 0) is 46.3 Å². The molecule has 3 nitrogen and oxygen atoms in total. The third-order valence-electron chi connectivity index (χ3n) is 2.87. The first kappa shape index (κ1) is 15.6. The second-order valence-corrected chi connectivity index (χ2v) is 5.37. The van der Waals surface area contributed by atoms with Crippen LogP contribution in [0.25, 0.3) is 0 Å². The number of benzene rings is 1. The van der Waals surface area contributed by atoms with Crippen LogP contribution in [0.4, 0.5) is 4.39 Å². The Morgan fingerprint density at radius 1 is 1.50 bits per heavy atom. The van der Waals surface area contributed by atoms with Gasteiger partial charge >= 0.3 is 0 Å². The zero-order valence-electron chi connectivity index (χ0n) is 10.7. The van der Waals surface area contributed by atoms with Crippen LogP contribution < -0.4 is 11.3 Å². The number of hydrazine groups is 1. The Kier molecular flexibility index (Phi) is 6.78. The largest absolute Gasteiger partial charge is 0.384 e. The summed E-state index contributed by atoms with van der Waals surface area (Å²) in [5.41, 5.74) is 3.71. The Labute approximate surface area is 116 Å². The first-order valence-corrected chi connectivity index (χ1v) is 6.75. The smallest absolute Gasteiger partial charge is 0.137 e. The van der Waals surface area contributed by atoms with Crippen molar-refractivity contribution in [3.63, 3.8) is 0 Å². The van der Waals surface area contributed by atoms with E-state index in [1.807, 2.05) is 6.07 Å². The van der Waals surface area contributed by atoms with Crippen molar-refractivity contribution in [3.8, 4) is 0 Å². The van der Waals surface area contributed by atoms with Gasteiger partial charge in [0.15, 0.2) is 0 Å². The van der Waals surface area contributed by atoms with Crippen LogP contribution in [0.2, 0.25) is 0 Å². The zero-order valence-corrected chi connectivity index (χ0v) is 12.3. The van der Waals surface area contributed by atoms with Crippen LogP contribution in [0.3, 0.4) is 0 Å². The first-order chi connectivity index (χ1) is 8.58. The van der Waals surface area contributed by atoms with Gasteiger partial charge in [-0.2, -0.15) is 0 Å². The van der Waals surface area contributed by atoms with Crippen LogP contribution in [-0.4, -0.2) is 19.8 Å². The molecule has 0 fully saturated rings. The number of hydrogen-bond donors (Lipinski definition) is 2. The number of nitrogens with one attached hydrogen (secondary N) is 1. The van der Waals surface area contributed by atoms with Gasteiger partial charge in [-0.15, -0.1) is 0 Å². The summed E-state index contributed by atoms with van der Waals surface area (Å²) in [6.45, 7) is 2.80. The third-order valence-corrected chi connectivity index (χ3v) is 3.76. The zero-order chi connectivity index (χ0) is 13.5. The lowest BCUT2D eigenvalue weighted by Crippen LogP contribution is -2.38. The fourth-order valence-electron chi connectivity index (χ4n) is 2.02. The highest BCUT2D eigenvalue weighted by molar-refractivity contribution is 9.10. The van der Waals surface area contributed by atoms with Gasteiger partial charge in [-0.1, -0.05) is 19.1 Å². The second kappa shape index (κ2) is 7.84. The Morgan fingerprint density at radius 3 is 2.83 bits per heavy atom. The summed E-state index contributed by atoms with van der Waals surface area (Å²) >= 11 is 3.27. The molecule has 1 aromatic rings. The van der Waals surface area contributed by atoms with E-state index in [4.69, 9.17) is 10.6 Å². The van der Waals surface area contributed by atoms with Gasteiger partial charge in [0.1, 0.15) is 5.82 Å². The molecule has 0 saturated carbocycles. The van der Waals surface area contributed by atoms with Gasteiger partial charge in [0.2, 0.25) is 0 Å². The summed E-state index contributed by atoms with van der Waals surface area (Å²) < 4.78 is 19.0. The minimum absolute atomic E-state index is 0.105. The lowest BCUT2D eigenvalue weighted by atomic mass is 9.97. The highest BCUT2D eigenvalue weighted by atomic mass is 79.9. The molecule has 0 aliphatic heterocycles. The molecule has 5 heteroatoms. The van der Waals surface area contributed by atoms with E-state index < -0.39 is 0 Å². The summed E-state index contributed by atoms with van der Waals surface area (Å²) in [6.07, 6.45) is 1.57. The number of nitrogens with two attached hydrogens (primary N) is 1. The van der Waals surface area contributed by atoms with Crippen molar-refractivity contribution < 1.29 is 9.13 Å². The van der Waals surface area contributed by atoms with Crippen molar-refractivity contribution in [3.05, 3.63) is 34.1 Å². The minimum Gasteiger partial charge on any atom is -0.384 e. The lowest BCUT2D eigenvalue weighted by molar-refractivity contribution is 0.149. The predicted molar refractivity (Wildman–Crippen MR) is 74.6 cm³/mol. The number of rotatable bonds is 7. The van der Waals surface area contributed by atoms with Crippen LogP contribution in [0.15, 0.2) is 22.7 Å². The molecule has 1 rings (SSSR count). The molecule has 2 atom stereocenters. The van der Waals surface area contributed by atoms with Crippen LogP contribution in [0, 0.1) is 11.7 Å². The SMILES string of the molecule is COCC(C)CC(Cc1cccc(F)c1Br)NN. The molecule has 0 amide bonds. The standard InChI is InChI=1S/C13H20BrFN2O/c1-9(8-18-2)6-11(17-16)7-10-4-3-5-12(15)13(10)14/h3-5,9,11,17H,6-8,16H2,1-2H3. The fourth-order valence-corrected chi connectivity index (χ4v) is 2.45. The molecule has 2 unspecified atom stereocenters. The maximum absolute atomic E-state index is 13.4. The van der Waals surface area contributed by atoms with Gasteiger partial charge in [-0.3, -0.25) is 11.3 Å². The molecule has 0 aliphatic rings. The maximum atomic E-state index is 13.4. The second-order valence-electron chi connectivity index (χ2n) is 4.58. The molecule has 0 aromatic heterocycles. The Balaban J connectivity index is 2.65. The molecular formula is C13H20BrFN2O. The minimum atomic E-state index is -0.242. The summed E-state index contributed by atoms with van der Waals surface area (Å²) in [5.74, 6) is 5.72. The van der Waals surface area contributed by atoms with Gasteiger partial charge in [-0.25, -0.2) is 4.39 Å². The molecule has 0 saturated heterocycles. The number of methoxy groups -OCH3 is 1. The Morgan fingerprint density at radius 2 is 2.22 bits per heavy atom. The van der Waals surface area contributed by atoms with Crippen molar-refractivity contribution in [1.82, 2.24) is 5.43 Å². The Bertz CT molecular complexity index is 376. The molecule has 0 radical (unpaired) electrons. The summed E-state index contributed by atoms with van der Waals surface area (Å²) in [4.78, 5) is 0. The molecule has 0 spiro atoms. The van der Waals surface area contributed by atoms with E-state index in [0.29, 0.717) is 23.4 Å². The molecule has 18 heavy (non-hydrogen) atoms. The normalized spacial score (nSPS) is 14.5. The first-order valence-electron chi connectivity index (χ1n) is 5.96. The van der Waals surface area contributed by atoms with Gasteiger partial charge in [0, 0.05) is 19.8 Å². The molecule has 0 heterocycles. The van der Waals surface area contributed by atoms with Gasteiger partial charge in [0.05, 0.1) is 4.47 Å².